The molecule has 0 atom stereocenters. The topological polar surface area (TPSA) is 57.7 Å². The third kappa shape index (κ3) is 4.22. The van der Waals surface area contributed by atoms with Gasteiger partial charge in [0.25, 0.3) is 0 Å². The van der Waals surface area contributed by atoms with Crippen molar-refractivity contribution >= 4 is 33.4 Å². The van der Waals surface area contributed by atoms with Crippen molar-refractivity contribution in [3.8, 4) is 0 Å². The Kier molecular flexibility index (Phi) is 5.58. The Morgan fingerprint density at radius 1 is 1.15 bits per heavy atom. The minimum absolute atomic E-state index is 0.181. The minimum Gasteiger partial charge on any atom is -0.336 e. The molecule has 1 aliphatic rings. The van der Waals surface area contributed by atoms with Crippen molar-refractivity contribution in [3.63, 3.8) is 0 Å². The van der Waals surface area contributed by atoms with Crippen LogP contribution in [0.5, 0.6) is 0 Å². The third-order valence-electron chi connectivity index (χ3n) is 4.50. The van der Waals surface area contributed by atoms with Crippen LogP contribution in [-0.2, 0) is 27.8 Å². The zero-order chi connectivity index (χ0) is 18.7. The quantitative estimate of drug-likeness (QED) is 0.737. The first kappa shape index (κ1) is 18.8. The first-order valence-electron chi connectivity index (χ1n) is 8.35. The number of nitrogens with zero attached hydrogens (tertiary/aromatic N) is 2. The summed E-state index contributed by atoms with van der Waals surface area (Å²) in [6, 6.07) is 15.3. The van der Waals surface area contributed by atoms with E-state index in [2.05, 4.69) is 6.07 Å². The molecule has 0 bridgehead atoms. The summed E-state index contributed by atoms with van der Waals surface area (Å²) in [6.45, 7) is 0.953. The van der Waals surface area contributed by atoms with E-state index in [-0.39, 0.29) is 12.5 Å². The molecule has 138 valence electrons. The lowest BCUT2D eigenvalue weighted by Gasteiger charge is -2.31. The number of hydrogen-bond acceptors (Lipinski definition) is 4. The van der Waals surface area contributed by atoms with Crippen LogP contribution in [0.2, 0.25) is 0 Å². The first-order valence-corrected chi connectivity index (χ1v) is 11.4. The van der Waals surface area contributed by atoms with E-state index in [1.807, 2.05) is 30.5 Å². The van der Waals surface area contributed by atoms with E-state index in [0.717, 1.165) is 23.1 Å². The monoisotopic (exact) mass is 390 g/mol. The van der Waals surface area contributed by atoms with Crippen molar-refractivity contribution in [2.24, 2.45) is 0 Å². The molecule has 0 saturated heterocycles. The van der Waals surface area contributed by atoms with Crippen LogP contribution < -0.4 is 4.31 Å². The summed E-state index contributed by atoms with van der Waals surface area (Å²) in [6.07, 6.45) is 3.86. The molecule has 5 nitrogen and oxygen atoms in total. The van der Waals surface area contributed by atoms with E-state index in [0.29, 0.717) is 18.8 Å². The molecule has 0 unspecified atom stereocenters. The summed E-state index contributed by atoms with van der Waals surface area (Å²) >= 11 is 1.53. The number of thioether (sulfide) groups is 1. The van der Waals surface area contributed by atoms with Gasteiger partial charge in [0.2, 0.25) is 15.9 Å². The molecule has 0 fully saturated rings. The average Bonchev–Trinajstić information content (AvgIpc) is 2.64. The standard InChI is InChI=1S/C19H22N2O3S2/c1-25-18-9-5-8-17(12-18)21(26(2,23)24)14-19(22)20-11-10-15-6-3-4-7-16(15)13-20/h3-9,12H,10-11,13-14H2,1-2H3. The van der Waals surface area contributed by atoms with Gasteiger partial charge in [0.05, 0.1) is 11.9 Å². The van der Waals surface area contributed by atoms with Crippen LogP contribution in [0.25, 0.3) is 0 Å². The number of sulfonamides is 1. The van der Waals surface area contributed by atoms with Gasteiger partial charge in [-0.1, -0.05) is 30.3 Å². The summed E-state index contributed by atoms with van der Waals surface area (Å²) in [5.41, 5.74) is 2.90. The molecule has 1 heterocycles. The number of rotatable bonds is 5. The fourth-order valence-corrected chi connectivity index (χ4v) is 4.39. The molecule has 0 aromatic heterocycles. The normalized spacial score (nSPS) is 14.0. The Labute approximate surface area is 159 Å². The number of carbonyl (C=O) groups excluding carboxylic acids is 1. The predicted octanol–water partition coefficient (Wildman–Crippen LogP) is 2.76. The Morgan fingerprint density at radius 2 is 1.88 bits per heavy atom. The van der Waals surface area contributed by atoms with Gasteiger partial charge in [-0.15, -0.1) is 11.8 Å². The van der Waals surface area contributed by atoms with E-state index in [4.69, 9.17) is 0 Å². The van der Waals surface area contributed by atoms with Gasteiger partial charge in [-0.2, -0.15) is 0 Å². The Balaban J connectivity index is 1.80. The highest BCUT2D eigenvalue weighted by molar-refractivity contribution is 7.98. The van der Waals surface area contributed by atoms with Crippen molar-refractivity contribution in [3.05, 3.63) is 59.7 Å². The van der Waals surface area contributed by atoms with Crippen LogP contribution in [0.1, 0.15) is 11.1 Å². The van der Waals surface area contributed by atoms with Crippen LogP contribution in [-0.4, -0.2) is 44.8 Å². The highest BCUT2D eigenvalue weighted by Crippen LogP contribution is 2.25. The van der Waals surface area contributed by atoms with Crippen LogP contribution in [0.15, 0.2) is 53.4 Å². The van der Waals surface area contributed by atoms with E-state index in [9.17, 15) is 13.2 Å². The molecule has 0 spiro atoms. The van der Waals surface area contributed by atoms with Gasteiger partial charge in [-0.05, 0) is 42.0 Å². The SMILES string of the molecule is CSc1cccc(N(CC(=O)N2CCc3ccccc3C2)S(C)(=O)=O)c1. The van der Waals surface area contributed by atoms with Crippen LogP contribution in [0.3, 0.4) is 0 Å². The molecule has 0 N–H and O–H groups in total. The molecular formula is C19H22N2O3S2. The molecule has 1 amide bonds. The van der Waals surface area contributed by atoms with E-state index in [1.165, 1.54) is 21.6 Å². The highest BCUT2D eigenvalue weighted by atomic mass is 32.2. The van der Waals surface area contributed by atoms with Gasteiger partial charge in [0, 0.05) is 18.0 Å². The maximum absolute atomic E-state index is 12.8. The van der Waals surface area contributed by atoms with Crippen molar-refractivity contribution in [1.82, 2.24) is 4.90 Å². The second-order valence-corrected chi connectivity index (χ2v) is 9.09. The summed E-state index contributed by atoms with van der Waals surface area (Å²) in [5.74, 6) is -0.181. The van der Waals surface area contributed by atoms with Gasteiger partial charge in [-0.3, -0.25) is 9.10 Å². The first-order chi connectivity index (χ1) is 12.4. The number of carbonyl (C=O) groups is 1. The molecule has 0 saturated carbocycles. The lowest BCUT2D eigenvalue weighted by atomic mass is 10.00. The summed E-state index contributed by atoms with van der Waals surface area (Å²) < 4.78 is 25.8. The molecule has 7 heteroatoms. The zero-order valence-electron chi connectivity index (χ0n) is 14.9. The number of fused-ring (bicyclic) bond motifs is 1. The number of amides is 1. The second kappa shape index (κ2) is 7.72. The van der Waals surface area contributed by atoms with Gasteiger partial charge in [0.15, 0.2) is 0 Å². The second-order valence-electron chi connectivity index (χ2n) is 6.31. The van der Waals surface area contributed by atoms with E-state index >= 15 is 0 Å². The molecule has 3 rings (SSSR count). The van der Waals surface area contributed by atoms with Crippen LogP contribution in [0, 0.1) is 0 Å². The molecule has 26 heavy (non-hydrogen) atoms. The van der Waals surface area contributed by atoms with Gasteiger partial charge < -0.3 is 4.90 Å². The predicted molar refractivity (Wildman–Crippen MR) is 106 cm³/mol. The number of benzene rings is 2. The van der Waals surface area contributed by atoms with Gasteiger partial charge in [0.1, 0.15) is 6.54 Å². The largest absolute Gasteiger partial charge is 0.336 e. The van der Waals surface area contributed by atoms with Crippen LogP contribution >= 0.6 is 11.8 Å². The maximum Gasteiger partial charge on any atom is 0.243 e. The lowest BCUT2D eigenvalue weighted by molar-refractivity contribution is -0.130. The maximum atomic E-state index is 12.8. The molecular weight excluding hydrogens is 368 g/mol. The fourth-order valence-electron chi connectivity index (χ4n) is 3.10. The van der Waals surface area contributed by atoms with Crippen molar-refractivity contribution in [1.29, 1.82) is 0 Å². The fraction of sp³-hybridized carbons (Fsp3) is 0.316. The molecule has 1 aliphatic heterocycles. The Hall–Kier alpha value is -1.99. The summed E-state index contributed by atoms with van der Waals surface area (Å²) in [7, 11) is -3.56. The van der Waals surface area contributed by atoms with E-state index < -0.39 is 10.0 Å². The summed E-state index contributed by atoms with van der Waals surface area (Å²) in [4.78, 5) is 15.5. The lowest BCUT2D eigenvalue weighted by Crippen LogP contribution is -2.44. The average molecular weight is 391 g/mol. The zero-order valence-corrected chi connectivity index (χ0v) is 16.5. The Morgan fingerprint density at radius 3 is 2.58 bits per heavy atom. The molecule has 2 aromatic carbocycles. The summed E-state index contributed by atoms with van der Waals surface area (Å²) in [5, 5.41) is 0. The smallest absolute Gasteiger partial charge is 0.243 e. The highest BCUT2D eigenvalue weighted by Gasteiger charge is 2.26. The molecule has 0 aliphatic carbocycles. The number of anilines is 1. The van der Waals surface area contributed by atoms with Gasteiger partial charge in [-0.25, -0.2) is 8.42 Å². The van der Waals surface area contributed by atoms with Crippen LogP contribution in [0.4, 0.5) is 5.69 Å². The van der Waals surface area contributed by atoms with E-state index in [1.54, 1.807) is 23.1 Å². The third-order valence-corrected chi connectivity index (χ3v) is 6.37. The van der Waals surface area contributed by atoms with Gasteiger partial charge >= 0.3 is 0 Å². The molecule has 0 radical (unpaired) electrons. The van der Waals surface area contributed by atoms with Crippen molar-refractivity contribution in [2.75, 3.05) is 29.9 Å². The Bertz CT molecular complexity index is 913. The van der Waals surface area contributed by atoms with Crippen molar-refractivity contribution in [2.45, 2.75) is 17.9 Å². The molecule has 2 aromatic rings. The number of hydrogen-bond donors (Lipinski definition) is 0. The van der Waals surface area contributed by atoms with Crippen molar-refractivity contribution < 1.29 is 13.2 Å². The minimum atomic E-state index is -3.56.